The summed E-state index contributed by atoms with van der Waals surface area (Å²) in [6.45, 7) is 4.86. The first-order valence-corrected chi connectivity index (χ1v) is 22.6. The Morgan fingerprint density at radius 2 is 1.61 bits per heavy atom. The maximum absolute atomic E-state index is 4.09. The number of allylic oxidation sites excluding steroid dienone is 18. The predicted octanol–water partition coefficient (Wildman–Crippen LogP) is 12.3. The van der Waals surface area contributed by atoms with Crippen molar-refractivity contribution in [1.29, 1.82) is 0 Å². The second kappa shape index (κ2) is 13.8. The summed E-state index contributed by atoms with van der Waals surface area (Å²) < 4.78 is 0. The highest BCUT2D eigenvalue weighted by Gasteiger charge is 2.48. The first kappa shape index (κ1) is 35.4. The van der Waals surface area contributed by atoms with Gasteiger partial charge in [-0.2, -0.15) is 0 Å². The molecule has 0 saturated carbocycles. The number of para-hydroxylation sites is 1. The van der Waals surface area contributed by atoms with Crippen LogP contribution in [-0.4, -0.2) is 24.2 Å². The van der Waals surface area contributed by atoms with Gasteiger partial charge in [0.2, 0.25) is 0 Å². The van der Waals surface area contributed by atoms with Crippen molar-refractivity contribution in [3.8, 4) is 0 Å². The standard InChI is InChI=1S/C56H55N3/c1-56(2)48-22-12-9-19-42(48)45-35-41(27-28-49(45)56)58-51-23-13-10-20-43(51)46-31-38(25-29-53(46)58)39-26-30-54-47(32-39)44-21-11-14-24-52(44)59(54)55-34-40(36-15-5-3-6-16-36)33-50(57-55)37-17-7-4-8-18-37/h4-5,7-11,13-17,19-21,23-25,27-29,31-35,37,39,43,46,50-51,53-54,57H,3,6,12,18,22,26,30H2,1-2H3. The normalized spacial score (nSPS) is 32.6. The van der Waals surface area contributed by atoms with Gasteiger partial charge in [-0.3, -0.25) is 0 Å². The zero-order valence-electron chi connectivity index (χ0n) is 34.5. The Bertz CT molecular complexity index is 2550. The molecule has 1 fully saturated rings. The van der Waals surface area contributed by atoms with Crippen molar-refractivity contribution in [1.82, 2.24) is 5.32 Å². The van der Waals surface area contributed by atoms with Crippen LogP contribution in [-0.2, 0) is 5.41 Å². The van der Waals surface area contributed by atoms with Crippen LogP contribution in [0.2, 0.25) is 0 Å². The molecule has 3 nitrogen and oxygen atoms in total. The Kier molecular flexibility index (Phi) is 8.26. The number of dihydropyridines is 1. The Morgan fingerprint density at radius 3 is 2.51 bits per heavy atom. The van der Waals surface area contributed by atoms with Crippen molar-refractivity contribution in [3.05, 3.63) is 203 Å². The molecular formula is C56H55N3. The van der Waals surface area contributed by atoms with Gasteiger partial charge in [-0.15, -0.1) is 0 Å². The summed E-state index contributed by atoms with van der Waals surface area (Å²) in [5, 5.41) is 4.09. The van der Waals surface area contributed by atoms with Crippen molar-refractivity contribution in [3.63, 3.8) is 0 Å². The Labute approximate surface area is 351 Å². The lowest BCUT2D eigenvalue weighted by Crippen LogP contribution is -2.45. The van der Waals surface area contributed by atoms with Crippen molar-refractivity contribution in [2.24, 2.45) is 23.7 Å². The van der Waals surface area contributed by atoms with Gasteiger partial charge in [0.25, 0.3) is 0 Å². The van der Waals surface area contributed by atoms with Gasteiger partial charge in [-0.1, -0.05) is 153 Å². The summed E-state index contributed by atoms with van der Waals surface area (Å²) in [6.07, 6.45) is 53.8. The van der Waals surface area contributed by atoms with Crippen LogP contribution in [0, 0.1) is 23.7 Å². The summed E-state index contributed by atoms with van der Waals surface area (Å²) in [7, 11) is 0. The minimum Gasteiger partial charge on any atom is -0.365 e. The molecule has 1 N–H and O–H groups in total. The van der Waals surface area contributed by atoms with Crippen LogP contribution in [0.5, 0.6) is 0 Å². The maximum Gasteiger partial charge on any atom is 0.107 e. The quantitative estimate of drug-likeness (QED) is 0.327. The average molecular weight is 770 g/mol. The predicted molar refractivity (Wildman–Crippen MR) is 247 cm³/mol. The molecule has 2 aromatic carbocycles. The highest BCUT2D eigenvalue weighted by molar-refractivity contribution is 5.91. The molecule has 294 valence electrons. The Hall–Kier alpha value is -5.54. The molecule has 8 atom stereocenters. The van der Waals surface area contributed by atoms with Crippen LogP contribution in [0.1, 0.15) is 75.5 Å². The summed E-state index contributed by atoms with van der Waals surface area (Å²) >= 11 is 0. The van der Waals surface area contributed by atoms with E-state index in [0.717, 1.165) is 38.5 Å². The van der Waals surface area contributed by atoms with E-state index >= 15 is 0 Å². The Morgan fingerprint density at radius 1 is 0.729 bits per heavy atom. The third kappa shape index (κ3) is 5.60. The lowest BCUT2D eigenvalue weighted by Gasteiger charge is -2.39. The van der Waals surface area contributed by atoms with Gasteiger partial charge in [0.1, 0.15) is 5.82 Å². The smallest absolute Gasteiger partial charge is 0.107 e. The van der Waals surface area contributed by atoms with Crippen molar-refractivity contribution < 1.29 is 0 Å². The zero-order valence-corrected chi connectivity index (χ0v) is 34.5. The molecule has 3 aliphatic heterocycles. The van der Waals surface area contributed by atoms with Gasteiger partial charge in [-0.25, -0.2) is 0 Å². The van der Waals surface area contributed by atoms with E-state index < -0.39 is 0 Å². The van der Waals surface area contributed by atoms with Gasteiger partial charge in [0.15, 0.2) is 0 Å². The number of hydrogen-bond acceptors (Lipinski definition) is 3. The van der Waals surface area contributed by atoms with Crippen molar-refractivity contribution in [2.75, 3.05) is 9.80 Å². The fraction of sp³-hybridized carbons (Fsp3) is 0.321. The third-order valence-electron chi connectivity index (χ3n) is 15.4. The summed E-state index contributed by atoms with van der Waals surface area (Å²) in [5.74, 6) is 2.96. The largest absolute Gasteiger partial charge is 0.365 e. The number of benzene rings is 2. The van der Waals surface area contributed by atoms with Crippen LogP contribution in [0.15, 0.2) is 186 Å². The second-order valence-electron chi connectivity index (χ2n) is 18.9. The molecule has 3 heteroatoms. The number of anilines is 2. The van der Waals surface area contributed by atoms with E-state index in [4.69, 9.17) is 0 Å². The molecule has 0 bridgehead atoms. The molecule has 0 amide bonds. The summed E-state index contributed by atoms with van der Waals surface area (Å²) in [4.78, 5) is 5.41. The van der Waals surface area contributed by atoms with E-state index in [-0.39, 0.29) is 11.5 Å². The number of nitrogens with zero attached hydrogens (tertiary/aromatic N) is 2. The average Bonchev–Trinajstić information content (AvgIpc) is 3.89. The molecule has 7 aliphatic carbocycles. The van der Waals surface area contributed by atoms with E-state index in [0.29, 0.717) is 41.8 Å². The maximum atomic E-state index is 4.09. The number of rotatable bonds is 5. The van der Waals surface area contributed by atoms with E-state index in [2.05, 4.69) is 187 Å². The molecule has 0 spiro atoms. The molecule has 59 heavy (non-hydrogen) atoms. The van der Waals surface area contributed by atoms with E-state index in [1.807, 2.05) is 0 Å². The van der Waals surface area contributed by atoms with E-state index in [1.54, 1.807) is 5.57 Å². The first-order chi connectivity index (χ1) is 29.0. The Balaban J connectivity index is 0.864. The highest BCUT2D eigenvalue weighted by atomic mass is 15.3. The molecule has 0 radical (unpaired) electrons. The lowest BCUT2D eigenvalue weighted by atomic mass is 9.76. The summed E-state index contributed by atoms with van der Waals surface area (Å²) in [5.41, 5.74) is 15.9. The van der Waals surface area contributed by atoms with Crippen molar-refractivity contribution >= 4 is 22.5 Å². The zero-order chi connectivity index (χ0) is 39.2. The van der Waals surface area contributed by atoms with Crippen LogP contribution >= 0.6 is 0 Å². The molecule has 10 aliphatic rings. The lowest BCUT2D eigenvalue weighted by molar-refractivity contribution is 0.482. The van der Waals surface area contributed by atoms with E-state index in [1.165, 1.54) is 68.2 Å². The van der Waals surface area contributed by atoms with Gasteiger partial charge in [0.05, 0.1) is 29.9 Å². The fourth-order valence-corrected chi connectivity index (χ4v) is 12.5. The van der Waals surface area contributed by atoms with Crippen LogP contribution in [0.25, 0.3) is 11.1 Å². The molecule has 1 saturated heterocycles. The van der Waals surface area contributed by atoms with Gasteiger partial charge >= 0.3 is 0 Å². The van der Waals surface area contributed by atoms with Crippen LogP contribution in [0.4, 0.5) is 11.4 Å². The topological polar surface area (TPSA) is 18.5 Å². The molecule has 0 aromatic heterocycles. The molecular weight excluding hydrogens is 715 g/mol. The molecule has 12 rings (SSSR count). The second-order valence-corrected chi connectivity index (χ2v) is 18.9. The fourth-order valence-electron chi connectivity index (χ4n) is 12.5. The minimum atomic E-state index is 0.102. The monoisotopic (exact) mass is 769 g/mol. The number of fused-ring (bicyclic) bond motifs is 8. The molecule has 2 aromatic rings. The minimum absolute atomic E-state index is 0.102. The number of hydrogen-bond donors (Lipinski definition) is 1. The molecule has 3 heterocycles. The van der Waals surface area contributed by atoms with Gasteiger partial charge in [0, 0.05) is 40.3 Å². The molecule has 8 unspecified atom stereocenters. The number of nitrogens with one attached hydrogen (secondary N) is 1. The third-order valence-corrected chi connectivity index (χ3v) is 15.4. The van der Waals surface area contributed by atoms with Crippen LogP contribution in [0.3, 0.4) is 0 Å². The summed E-state index contributed by atoms with van der Waals surface area (Å²) in [6, 6.07) is 17.8. The SMILES string of the molecule is CC1(C)C2=C(C=CCC2)c2cc(N3C4C=CC=CC4C4C=C(C5C=C6c7ccccc7N(C7=CC(C8=CCCC=C8)=CC(C8C=CC=CC8)N7)C6CC5)C=CC43)ccc21. The highest BCUT2D eigenvalue weighted by Crippen LogP contribution is 2.54. The van der Waals surface area contributed by atoms with E-state index in [9.17, 15) is 0 Å². The van der Waals surface area contributed by atoms with Crippen LogP contribution < -0.4 is 15.1 Å². The first-order valence-electron chi connectivity index (χ1n) is 22.6. The van der Waals surface area contributed by atoms with Crippen molar-refractivity contribution in [2.45, 2.75) is 88.4 Å². The van der Waals surface area contributed by atoms with Gasteiger partial charge in [-0.05, 0) is 108 Å². The van der Waals surface area contributed by atoms with Gasteiger partial charge < -0.3 is 15.1 Å².